The molecule has 0 spiro atoms. The van der Waals surface area contributed by atoms with Gasteiger partial charge in [-0.15, -0.1) is 0 Å². The highest BCUT2D eigenvalue weighted by molar-refractivity contribution is 5.69. The second kappa shape index (κ2) is 14.2. The highest BCUT2D eigenvalue weighted by Crippen LogP contribution is 2.38. The van der Waals surface area contributed by atoms with Crippen molar-refractivity contribution in [1.29, 1.82) is 0 Å². The van der Waals surface area contributed by atoms with Crippen LogP contribution in [-0.4, -0.2) is 20.2 Å². The fraction of sp³-hybridized carbons (Fsp3) is 0.621. The second-order valence-corrected chi connectivity index (χ2v) is 9.64. The summed E-state index contributed by atoms with van der Waals surface area (Å²) in [5, 5.41) is 0. The fourth-order valence-electron chi connectivity index (χ4n) is 4.91. The molecule has 3 atom stereocenters. The minimum atomic E-state index is -0.110. The molecule has 32 heavy (non-hydrogen) atoms. The molecule has 0 radical (unpaired) electrons. The molecule has 0 saturated heterocycles. The number of hydrogen-bond donors (Lipinski definition) is 0. The Kier molecular flexibility index (Phi) is 11.6. The number of allylic oxidation sites excluding steroid dienone is 4. The predicted octanol–water partition coefficient (Wildman–Crippen LogP) is 7.70. The minimum absolute atomic E-state index is 0.110. The van der Waals surface area contributed by atoms with Crippen molar-refractivity contribution in [3.63, 3.8) is 0 Å². The number of esters is 1. The van der Waals surface area contributed by atoms with Crippen molar-refractivity contribution in [1.82, 2.24) is 0 Å². The quantitative estimate of drug-likeness (QED) is 0.169. The van der Waals surface area contributed by atoms with Crippen LogP contribution in [0.4, 0.5) is 0 Å². The molecular weight excluding hydrogens is 396 g/mol. The van der Waals surface area contributed by atoms with Gasteiger partial charge in [-0.2, -0.15) is 0 Å². The van der Waals surface area contributed by atoms with Crippen molar-refractivity contribution in [2.75, 3.05) is 14.2 Å². The Morgan fingerprint density at radius 3 is 2.59 bits per heavy atom. The molecule has 0 bridgehead atoms. The van der Waals surface area contributed by atoms with Gasteiger partial charge < -0.3 is 9.47 Å². The van der Waals surface area contributed by atoms with Gasteiger partial charge in [0.25, 0.3) is 0 Å². The van der Waals surface area contributed by atoms with Crippen LogP contribution in [0.15, 0.2) is 48.6 Å². The van der Waals surface area contributed by atoms with Gasteiger partial charge in [0.1, 0.15) is 5.75 Å². The number of carbonyl (C=O) groups excluding carboxylic acids is 1. The molecule has 2 rings (SSSR count). The molecule has 0 amide bonds. The largest absolute Gasteiger partial charge is 0.497 e. The molecule has 0 heterocycles. The van der Waals surface area contributed by atoms with Crippen molar-refractivity contribution in [3.05, 3.63) is 54.1 Å². The molecule has 1 aromatic rings. The maximum absolute atomic E-state index is 11.2. The van der Waals surface area contributed by atoms with Gasteiger partial charge >= 0.3 is 5.97 Å². The van der Waals surface area contributed by atoms with Crippen molar-refractivity contribution >= 4 is 5.97 Å². The molecule has 178 valence electrons. The number of aryl methyl sites for hydroxylation is 1. The summed E-state index contributed by atoms with van der Waals surface area (Å²) in [5.41, 5.74) is 1.64. The van der Waals surface area contributed by atoms with Gasteiger partial charge in [0, 0.05) is 6.42 Å². The fourth-order valence-corrected chi connectivity index (χ4v) is 4.91. The van der Waals surface area contributed by atoms with Crippen LogP contribution in [0.25, 0.3) is 0 Å². The number of methoxy groups -OCH3 is 2. The maximum Gasteiger partial charge on any atom is 0.305 e. The Labute approximate surface area is 196 Å². The maximum atomic E-state index is 11.2. The van der Waals surface area contributed by atoms with Crippen molar-refractivity contribution < 1.29 is 14.3 Å². The predicted molar refractivity (Wildman–Crippen MR) is 134 cm³/mol. The van der Waals surface area contributed by atoms with Crippen LogP contribution in [0.3, 0.4) is 0 Å². The van der Waals surface area contributed by atoms with E-state index in [0.29, 0.717) is 12.3 Å². The smallest absolute Gasteiger partial charge is 0.305 e. The lowest BCUT2D eigenvalue weighted by molar-refractivity contribution is -0.140. The van der Waals surface area contributed by atoms with E-state index in [2.05, 4.69) is 62.4 Å². The number of carbonyl (C=O) groups is 1. The number of hydrogen-bond acceptors (Lipinski definition) is 3. The summed E-state index contributed by atoms with van der Waals surface area (Å²) in [6, 6.07) is 8.52. The lowest BCUT2D eigenvalue weighted by Crippen LogP contribution is -2.15. The first-order chi connectivity index (χ1) is 15.5. The average molecular weight is 441 g/mol. The molecule has 1 fully saturated rings. The van der Waals surface area contributed by atoms with Gasteiger partial charge in [-0.05, 0) is 86.3 Å². The Hall–Kier alpha value is -2.03. The Morgan fingerprint density at radius 2 is 1.91 bits per heavy atom. The first kappa shape index (κ1) is 26.2. The molecule has 1 aliphatic rings. The van der Waals surface area contributed by atoms with Crippen molar-refractivity contribution in [2.24, 2.45) is 17.3 Å². The zero-order chi connectivity index (χ0) is 23.2. The van der Waals surface area contributed by atoms with Crippen LogP contribution in [0, 0.1) is 17.3 Å². The van der Waals surface area contributed by atoms with E-state index in [-0.39, 0.29) is 11.4 Å². The van der Waals surface area contributed by atoms with Gasteiger partial charge in [-0.3, -0.25) is 4.79 Å². The van der Waals surface area contributed by atoms with E-state index in [9.17, 15) is 4.79 Å². The van der Waals surface area contributed by atoms with Crippen molar-refractivity contribution in [2.45, 2.75) is 84.5 Å². The van der Waals surface area contributed by atoms with Crippen LogP contribution in [0.2, 0.25) is 0 Å². The van der Waals surface area contributed by atoms with E-state index < -0.39 is 0 Å². The number of unbranched alkanes of at least 4 members (excludes halogenated alkanes) is 1. The summed E-state index contributed by atoms with van der Waals surface area (Å²) >= 11 is 0. The summed E-state index contributed by atoms with van der Waals surface area (Å²) in [6.07, 6.45) is 21.9. The molecule has 0 N–H and O–H groups in total. The zero-order valence-electron chi connectivity index (χ0n) is 20.8. The van der Waals surface area contributed by atoms with Gasteiger partial charge in [0.05, 0.1) is 14.2 Å². The lowest BCUT2D eigenvalue weighted by atomic mass is 9.78. The van der Waals surface area contributed by atoms with Crippen LogP contribution in [0.5, 0.6) is 5.75 Å². The Bertz CT molecular complexity index is 718. The SMILES string of the molecule is CCCC(C)(/C=C/C1CCC[C@@H]1C/C=C\CCCC(=O)OC)CCc1ccc(OC)cc1. The topological polar surface area (TPSA) is 35.5 Å². The molecule has 1 aliphatic carbocycles. The lowest BCUT2D eigenvalue weighted by Gasteiger charge is -2.27. The molecular formula is C29H44O3. The summed E-state index contributed by atoms with van der Waals surface area (Å²) < 4.78 is 9.99. The first-order valence-corrected chi connectivity index (χ1v) is 12.5. The second-order valence-electron chi connectivity index (χ2n) is 9.64. The number of benzene rings is 1. The summed E-state index contributed by atoms with van der Waals surface area (Å²) in [7, 11) is 3.17. The van der Waals surface area contributed by atoms with Gasteiger partial charge in [0.2, 0.25) is 0 Å². The molecule has 0 aliphatic heterocycles. The van der Waals surface area contributed by atoms with Crippen LogP contribution in [-0.2, 0) is 16.0 Å². The van der Waals surface area contributed by atoms with E-state index in [1.54, 1.807) is 7.11 Å². The number of rotatable bonds is 14. The third kappa shape index (κ3) is 9.22. The van der Waals surface area contributed by atoms with E-state index in [1.165, 1.54) is 51.2 Å². The highest BCUT2D eigenvalue weighted by atomic mass is 16.5. The molecule has 1 saturated carbocycles. The molecule has 3 heteroatoms. The molecule has 1 aromatic carbocycles. The number of ether oxygens (including phenoxy) is 2. The summed E-state index contributed by atoms with van der Waals surface area (Å²) in [6.45, 7) is 4.73. The third-order valence-corrected chi connectivity index (χ3v) is 7.01. The van der Waals surface area contributed by atoms with Crippen molar-refractivity contribution in [3.8, 4) is 5.75 Å². The van der Waals surface area contributed by atoms with Crippen LogP contribution < -0.4 is 4.74 Å². The Balaban J connectivity index is 1.85. The monoisotopic (exact) mass is 440 g/mol. The van der Waals surface area contributed by atoms with E-state index in [1.807, 2.05) is 0 Å². The summed E-state index contributed by atoms with van der Waals surface area (Å²) in [5.74, 6) is 2.28. The molecule has 2 unspecified atom stereocenters. The third-order valence-electron chi connectivity index (χ3n) is 7.01. The van der Waals surface area contributed by atoms with E-state index >= 15 is 0 Å². The standard InChI is InChI=1S/C29H44O3/c1-5-21-29(2,22-19-24-15-17-27(31-3)18-16-24)23-20-26-13-10-12-25(26)11-8-6-7-9-14-28(30)32-4/h6,8,15-18,20,23,25-26H,5,7,9-14,19,21-22H2,1-4H3/b8-6-,23-20+/t25-,26?,29?/m0/s1. The van der Waals surface area contributed by atoms with Gasteiger partial charge in [-0.25, -0.2) is 0 Å². The average Bonchev–Trinajstić information content (AvgIpc) is 3.26. The Morgan fingerprint density at radius 1 is 1.12 bits per heavy atom. The first-order valence-electron chi connectivity index (χ1n) is 12.5. The van der Waals surface area contributed by atoms with Crippen LogP contribution >= 0.6 is 0 Å². The van der Waals surface area contributed by atoms with E-state index in [0.717, 1.165) is 37.4 Å². The highest BCUT2D eigenvalue weighted by Gasteiger charge is 2.26. The summed E-state index contributed by atoms with van der Waals surface area (Å²) in [4.78, 5) is 11.2. The van der Waals surface area contributed by atoms with E-state index in [4.69, 9.17) is 9.47 Å². The van der Waals surface area contributed by atoms with Gasteiger partial charge in [-0.1, -0.05) is 63.1 Å². The zero-order valence-corrected chi connectivity index (χ0v) is 20.8. The van der Waals surface area contributed by atoms with Crippen LogP contribution in [0.1, 0.15) is 83.6 Å². The molecule has 3 nitrogen and oxygen atoms in total. The normalized spacial score (nSPS) is 20.6. The van der Waals surface area contributed by atoms with Gasteiger partial charge in [0.15, 0.2) is 0 Å². The minimum Gasteiger partial charge on any atom is -0.497 e. The molecule has 0 aromatic heterocycles.